The first-order valence-electron chi connectivity index (χ1n) is 9.75. The lowest BCUT2D eigenvalue weighted by molar-refractivity contribution is 0.0790. The Kier molecular flexibility index (Phi) is 4.90. The highest BCUT2D eigenvalue weighted by Gasteiger charge is 2.27. The second kappa shape index (κ2) is 7.26. The quantitative estimate of drug-likeness (QED) is 0.709. The van der Waals surface area contributed by atoms with Gasteiger partial charge < -0.3 is 9.88 Å². The van der Waals surface area contributed by atoms with E-state index in [0.29, 0.717) is 28.3 Å². The first-order valence-corrected chi connectivity index (χ1v) is 11.3. The molecular formula is C21H24N4O3S. The molecule has 1 N–H and O–H groups in total. The smallest absolute Gasteiger partial charge is 0.257 e. The average molecular weight is 413 g/mol. The highest BCUT2D eigenvalue weighted by molar-refractivity contribution is 7.92. The van der Waals surface area contributed by atoms with Gasteiger partial charge in [-0.3, -0.25) is 4.79 Å². The topological polar surface area (TPSA) is 96.0 Å². The summed E-state index contributed by atoms with van der Waals surface area (Å²) in [5, 5.41) is -0.480. The molecule has 152 valence electrons. The van der Waals surface area contributed by atoms with Crippen LogP contribution in [0.1, 0.15) is 37.6 Å². The number of hydrogen-bond donors (Lipinski definition) is 1. The van der Waals surface area contributed by atoms with Gasteiger partial charge in [-0.2, -0.15) is 0 Å². The number of aromatic amines is 1. The Morgan fingerprint density at radius 2 is 1.97 bits per heavy atom. The molecule has 1 aliphatic heterocycles. The maximum atomic E-state index is 12.9. The molecule has 3 aromatic rings. The number of aromatic nitrogens is 3. The van der Waals surface area contributed by atoms with Crippen LogP contribution in [0.3, 0.4) is 0 Å². The fraction of sp³-hybridized carbons (Fsp3) is 0.381. The van der Waals surface area contributed by atoms with E-state index in [1.807, 2.05) is 4.90 Å². The fourth-order valence-corrected chi connectivity index (χ4v) is 4.63. The maximum absolute atomic E-state index is 12.9. The van der Waals surface area contributed by atoms with Crippen molar-refractivity contribution in [3.05, 3.63) is 42.2 Å². The van der Waals surface area contributed by atoms with Gasteiger partial charge in [-0.15, -0.1) is 0 Å². The zero-order valence-corrected chi connectivity index (χ0v) is 17.5. The van der Waals surface area contributed by atoms with Crippen LogP contribution in [0.2, 0.25) is 0 Å². The molecule has 0 aliphatic carbocycles. The highest BCUT2D eigenvalue weighted by atomic mass is 32.2. The number of sulfone groups is 1. The van der Waals surface area contributed by atoms with Crippen molar-refractivity contribution in [2.75, 3.05) is 13.1 Å². The molecule has 1 aromatic carbocycles. The Bertz CT molecular complexity index is 1170. The van der Waals surface area contributed by atoms with E-state index in [1.165, 1.54) is 0 Å². The second-order valence-corrected chi connectivity index (χ2v) is 10.4. The Morgan fingerprint density at radius 1 is 1.24 bits per heavy atom. The van der Waals surface area contributed by atoms with Crippen LogP contribution >= 0.6 is 0 Å². The van der Waals surface area contributed by atoms with Crippen LogP contribution < -0.4 is 0 Å². The van der Waals surface area contributed by atoms with Gasteiger partial charge in [0.25, 0.3) is 5.91 Å². The monoisotopic (exact) mass is 412 g/mol. The first-order chi connectivity index (χ1) is 13.8. The summed E-state index contributed by atoms with van der Waals surface area (Å²) in [4.78, 5) is 27.1. The summed E-state index contributed by atoms with van der Waals surface area (Å²) in [6.07, 6.45) is 4.30. The van der Waals surface area contributed by atoms with Gasteiger partial charge in [0.05, 0.1) is 27.6 Å². The van der Waals surface area contributed by atoms with Crippen LogP contribution in [-0.2, 0) is 9.84 Å². The van der Waals surface area contributed by atoms with Gasteiger partial charge in [-0.25, -0.2) is 18.4 Å². The Labute approximate surface area is 170 Å². The lowest BCUT2D eigenvalue weighted by atomic mass is 10.1. The number of rotatable bonds is 4. The summed E-state index contributed by atoms with van der Waals surface area (Å²) in [6, 6.07) is 6.62. The SMILES string of the molecule is CC1CCN(C(=O)c2c[nH]c3ncc(-c4ccc(S(=O)(=O)C(C)C)cc4)nc23)C1. The molecule has 1 aliphatic rings. The summed E-state index contributed by atoms with van der Waals surface area (Å²) in [7, 11) is -3.32. The number of nitrogens with one attached hydrogen (secondary N) is 1. The van der Waals surface area contributed by atoms with Crippen molar-refractivity contribution in [1.82, 2.24) is 19.9 Å². The molecule has 1 saturated heterocycles. The molecule has 0 radical (unpaired) electrons. The lowest BCUT2D eigenvalue weighted by Crippen LogP contribution is -2.28. The third-order valence-corrected chi connectivity index (χ3v) is 7.59. The minimum Gasteiger partial charge on any atom is -0.344 e. The van der Waals surface area contributed by atoms with Crippen LogP contribution in [0, 0.1) is 5.92 Å². The van der Waals surface area contributed by atoms with Gasteiger partial charge in [-0.1, -0.05) is 19.1 Å². The Balaban J connectivity index is 1.68. The number of amides is 1. The molecule has 0 spiro atoms. The zero-order chi connectivity index (χ0) is 20.8. The molecule has 0 saturated carbocycles. The molecule has 1 unspecified atom stereocenters. The predicted molar refractivity (Wildman–Crippen MR) is 111 cm³/mol. The molecule has 0 bridgehead atoms. The summed E-state index contributed by atoms with van der Waals surface area (Å²) >= 11 is 0. The molecule has 1 fully saturated rings. The molecule has 8 heteroatoms. The number of nitrogens with zero attached hydrogens (tertiary/aromatic N) is 3. The number of hydrogen-bond acceptors (Lipinski definition) is 5. The number of likely N-dealkylation sites (tertiary alicyclic amines) is 1. The minimum atomic E-state index is -3.32. The van der Waals surface area contributed by atoms with E-state index >= 15 is 0 Å². The van der Waals surface area contributed by atoms with Crippen molar-refractivity contribution in [3.8, 4) is 11.3 Å². The lowest BCUT2D eigenvalue weighted by Gasteiger charge is -2.15. The van der Waals surface area contributed by atoms with Gasteiger partial charge in [0, 0.05) is 24.8 Å². The van der Waals surface area contributed by atoms with Crippen molar-refractivity contribution in [1.29, 1.82) is 0 Å². The number of carbonyl (C=O) groups excluding carboxylic acids is 1. The predicted octanol–water partition coefficient (Wildman–Crippen LogP) is 3.29. The third kappa shape index (κ3) is 3.53. The fourth-order valence-electron chi connectivity index (χ4n) is 3.57. The maximum Gasteiger partial charge on any atom is 0.257 e. The highest BCUT2D eigenvalue weighted by Crippen LogP contribution is 2.25. The first kappa shape index (κ1) is 19.6. The number of carbonyl (C=O) groups is 1. The van der Waals surface area contributed by atoms with E-state index in [-0.39, 0.29) is 10.8 Å². The van der Waals surface area contributed by atoms with Crippen molar-refractivity contribution >= 4 is 26.9 Å². The van der Waals surface area contributed by atoms with Gasteiger partial charge >= 0.3 is 0 Å². The van der Waals surface area contributed by atoms with Gasteiger partial charge in [-0.05, 0) is 38.3 Å². The van der Waals surface area contributed by atoms with E-state index < -0.39 is 15.1 Å². The van der Waals surface area contributed by atoms with Gasteiger partial charge in [0.1, 0.15) is 5.52 Å². The van der Waals surface area contributed by atoms with E-state index in [2.05, 4.69) is 21.9 Å². The largest absolute Gasteiger partial charge is 0.344 e. The van der Waals surface area contributed by atoms with E-state index in [9.17, 15) is 13.2 Å². The van der Waals surface area contributed by atoms with Crippen molar-refractivity contribution in [2.45, 2.75) is 37.3 Å². The minimum absolute atomic E-state index is 0.0366. The average Bonchev–Trinajstić information content (AvgIpc) is 3.33. The van der Waals surface area contributed by atoms with Crippen molar-refractivity contribution in [2.24, 2.45) is 5.92 Å². The summed E-state index contributed by atoms with van der Waals surface area (Å²) in [5.74, 6) is 0.469. The molecule has 4 rings (SSSR count). The molecule has 1 amide bonds. The molecular weight excluding hydrogens is 388 g/mol. The van der Waals surface area contributed by atoms with Gasteiger partial charge in [0.2, 0.25) is 0 Å². The molecule has 7 nitrogen and oxygen atoms in total. The number of fused-ring (bicyclic) bond motifs is 1. The molecule has 1 atom stereocenters. The number of H-pyrrole nitrogens is 1. The Hall–Kier alpha value is -2.74. The third-order valence-electron chi connectivity index (χ3n) is 5.42. The van der Waals surface area contributed by atoms with E-state index in [4.69, 9.17) is 0 Å². The molecule has 2 aromatic heterocycles. The second-order valence-electron chi connectivity index (χ2n) is 7.92. The van der Waals surface area contributed by atoms with Gasteiger partial charge in [0.15, 0.2) is 15.5 Å². The standard InChI is InChI=1S/C21H24N4O3S/c1-13(2)29(27,28)16-6-4-15(5-7-16)18-11-23-20-19(24-18)17(10-22-20)21(26)25-9-8-14(3)12-25/h4-7,10-11,13-14H,8-9,12H2,1-3H3,(H,22,23). The van der Waals surface area contributed by atoms with E-state index in [0.717, 1.165) is 25.1 Å². The Morgan fingerprint density at radius 3 is 2.59 bits per heavy atom. The summed E-state index contributed by atoms with van der Waals surface area (Å²) < 4.78 is 24.6. The van der Waals surface area contributed by atoms with Crippen LogP contribution in [0.5, 0.6) is 0 Å². The van der Waals surface area contributed by atoms with Crippen LogP contribution in [-0.4, -0.2) is 52.5 Å². The van der Waals surface area contributed by atoms with E-state index in [1.54, 1.807) is 50.5 Å². The molecule has 3 heterocycles. The molecule has 29 heavy (non-hydrogen) atoms. The van der Waals surface area contributed by atoms with Crippen LogP contribution in [0.25, 0.3) is 22.4 Å². The summed E-state index contributed by atoms with van der Waals surface area (Å²) in [6.45, 7) is 6.97. The van der Waals surface area contributed by atoms with Crippen LogP contribution in [0.4, 0.5) is 0 Å². The van der Waals surface area contributed by atoms with Crippen LogP contribution in [0.15, 0.2) is 41.6 Å². The summed E-state index contributed by atoms with van der Waals surface area (Å²) in [5.41, 5.74) is 2.95. The zero-order valence-electron chi connectivity index (χ0n) is 16.7. The van der Waals surface area contributed by atoms with Crippen molar-refractivity contribution < 1.29 is 13.2 Å². The number of benzene rings is 1. The van der Waals surface area contributed by atoms with Crippen molar-refractivity contribution in [3.63, 3.8) is 0 Å². The normalized spacial score (nSPS) is 17.4.